The van der Waals surface area contributed by atoms with Crippen LogP contribution in [0.15, 0.2) is 72.8 Å². The number of alkyl halides is 3. The number of carbonyl (C=O) groups is 1. The lowest BCUT2D eigenvalue weighted by Gasteiger charge is -2.18. The number of halogens is 5. The molecule has 4 aromatic rings. The highest BCUT2D eigenvalue weighted by Gasteiger charge is 2.32. The zero-order valence-corrected chi connectivity index (χ0v) is 23.9. The summed E-state index contributed by atoms with van der Waals surface area (Å²) >= 11 is 0. The van der Waals surface area contributed by atoms with Crippen molar-refractivity contribution in [2.45, 2.75) is 19.5 Å². The first kappa shape index (κ1) is 31.4. The van der Waals surface area contributed by atoms with Crippen LogP contribution in [-0.4, -0.2) is 54.8 Å². The van der Waals surface area contributed by atoms with Crippen molar-refractivity contribution in [3.05, 3.63) is 107 Å². The van der Waals surface area contributed by atoms with E-state index in [1.807, 2.05) is 0 Å². The van der Waals surface area contributed by atoms with Gasteiger partial charge in [-0.15, -0.1) is 5.10 Å². The average molecular weight is 599 g/mol. The minimum Gasteiger partial charge on any atom is -0.492 e. The molecule has 1 aromatic heterocycles. The van der Waals surface area contributed by atoms with Crippen LogP contribution in [0.2, 0.25) is 0 Å². The molecule has 3 aromatic carbocycles. The summed E-state index contributed by atoms with van der Waals surface area (Å²) < 4.78 is 75.4. The third-order valence-corrected chi connectivity index (χ3v) is 6.69. The Morgan fingerprint density at radius 3 is 2.40 bits per heavy atom. The first-order valence-corrected chi connectivity index (χ1v) is 13.5. The zero-order chi connectivity index (χ0) is 31.1. The molecule has 6 nitrogen and oxygen atoms in total. The van der Waals surface area contributed by atoms with E-state index in [2.05, 4.69) is 15.5 Å². The van der Waals surface area contributed by atoms with E-state index in [-0.39, 0.29) is 23.3 Å². The molecule has 0 spiro atoms. The van der Waals surface area contributed by atoms with Gasteiger partial charge >= 0.3 is 6.18 Å². The summed E-state index contributed by atoms with van der Waals surface area (Å²) in [7, 11) is 3.34. The Bertz CT molecular complexity index is 1640. The Kier molecular flexibility index (Phi) is 9.97. The second-order valence-corrected chi connectivity index (χ2v) is 9.92. The van der Waals surface area contributed by atoms with Crippen molar-refractivity contribution in [3.63, 3.8) is 0 Å². The van der Waals surface area contributed by atoms with Crippen LogP contribution in [0.4, 0.5) is 22.0 Å². The first-order chi connectivity index (χ1) is 20.5. The number of aromatic amines is 1. The van der Waals surface area contributed by atoms with E-state index in [1.165, 1.54) is 11.0 Å². The summed E-state index contributed by atoms with van der Waals surface area (Å²) in [4.78, 5) is 13.0. The Balaban J connectivity index is 1.64. The van der Waals surface area contributed by atoms with Gasteiger partial charge in [0.1, 0.15) is 18.2 Å². The standard InChI is InChI=1S/C32H31F5N4O2/c1-4-26(22-16-23(32(35,36)37)19-24(33)17-22)30(21-9-12-28-27(18-21)31(34)40-39-28)20-7-10-25(11-8-20)43-15-14-38-13-5-6-29(42)41(2)3/h5-12,16-19,38H,4,13-15H2,1-3H3,(H,39,40)/b6-5+,30-26+. The molecule has 11 heteroatoms. The number of rotatable bonds is 11. The number of benzene rings is 3. The van der Waals surface area contributed by atoms with Gasteiger partial charge in [-0.1, -0.05) is 31.2 Å². The van der Waals surface area contributed by atoms with Gasteiger partial charge in [0.2, 0.25) is 11.9 Å². The van der Waals surface area contributed by atoms with E-state index in [0.717, 1.165) is 12.1 Å². The first-order valence-electron chi connectivity index (χ1n) is 13.5. The summed E-state index contributed by atoms with van der Waals surface area (Å²) in [6, 6.07) is 14.3. The lowest BCUT2D eigenvalue weighted by atomic mass is 9.87. The molecule has 43 heavy (non-hydrogen) atoms. The maximum absolute atomic E-state index is 14.5. The lowest BCUT2D eigenvalue weighted by Crippen LogP contribution is -2.22. The molecule has 0 fully saturated rings. The molecule has 0 saturated heterocycles. The SMILES string of the molecule is CC/C(=C(/c1ccc(OCCNC/C=C/C(=O)N(C)C)cc1)c1ccc2[nH]nc(F)c2c1)c1cc(F)cc(C(F)(F)F)c1. The normalized spacial score (nSPS) is 12.6. The Hall–Kier alpha value is -4.51. The zero-order valence-electron chi connectivity index (χ0n) is 23.9. The minimum absolute atomic E-state index is 0.0744. The van der Waals surface area contributed by atoms with Gasteiger partial charge in [-0.3, -0.25) is 9.89 Å². The van der Waals surface area contributed by atoms with Gasteiger partial charge in [0.25, 0.3) is 0 Å². The molecule has 0 aliphatic rings. The predicted molar refractivity (Wildman–Crippen MR) is 156 cm³/mol. The maximum Gasteiger partial charge on any atom is 0.416 e. The van der Waals surface area contributed by atoms with Crippen LogP contribution < -0.4 is 10.1 Å². The molecular formula is C32H31F5N4O2. The maximum atomic E-state index is 14.5. The molecule has 0 aliphatic heterocycles. The molecule has 0 radical (unpaired) electrons. The van der Waals surface area contributed by atoms with Crippen LogP contribution in [-0.2, 0) is 11.0 Å². The molecule has 0 aliphatic carbocycles. The van der Waals surface area contributed by atoms with Crippen molar-refractivity contribution in [2.24, 2.45) is 0 Å². The number of nitrogens with one attached hydrogen (secondary N) is 2. The van der Waals surface area contributed by atoms with Crippen LogP contribution in [0, 0.1) is 11.8 Å². The minimum atomic E-state index is -4.73. The van der Waals surface area contributed by atoms with Gasteiger partial charge in [0.15, 0.2) is 0 Å². The van der Waals surface area contributed by atoms with Crippen molar-refractivity contribution >= 4 is 28.0 Å². The van der Waals surface area contributed by atoms with E-state index in [1.54, 1.807) is 69.6 Å². The summed E-state index contributed by atoms with van der Waals surface area (Å²) in [5.41, 5.74) is 1.57. The molecule has 1 amide bonds. The largest absolute Gasteiger partial charge is 0.492 e. The number of carbonyl (C=O) groups excluding carboxylic acids is 1. The molecule has 0 atom stereocenters. The summed E-state index contributed by atoms with van der Waals surface area (Å²) in [5, 5.41) is 9.55. The van der Waals surface area contributed by atoms with Crippen LogP contribution in [0.3, 0.4) is 0 Å². The van der Waals surface area contributed by atoms with E-state index >= 15 is 0 Å². The molecular weight excluding hydrogens is 567 g/mol. The second kappa shape index (κ2) is 13.6. The van der Waals surface area contributed by atoms with E-state index < -0.39 is 23.5 Å². The molecule has 1 heterocycles. The van der Waals surface area contributed by atoms with E-state index in [0.29, 0.717) is 59.3 Å². The third kappa shape index (κ3) is 7.86. The van der Waals surface area contributed by atoms with Gasteiger partial charge in [-0.05, 0) is 76.7 Å². The van der Waals surface area contributed by atoms with Crippen molar-refractivity contribution in [1.82, 2.24) is 20.4 Å². The summed E-state index contributed by atoms with van der Waals surface area (Å²) in [5.74, 6) is -1.27. The number of aromatic nitrogens is 2. The molecule has 0 unspecified atom stereocenters. The van der Waals surface area contributed by atoms with Crippen LogP contribution >= 0.6 is 0 Å². The second-order valence-electron chi connectivity index (χ2n) is 9.92. The van der Waals surface area contributed by atoms with Crippen LogP contribution in [0.1, 0.15) is 35.6 Å². The number of fused-ring (bicyclic) bond motifs is 1. The molecule has 0 bridgehead atoms. The number of hydrogen-bond acceptors (Lipinski definition) is 4. The lowest BCUT2D eigenvalue weighted by molar-refractivity contribution is -0.137. The number of nitrogens with zero attached hydrogens (tertiary/aromatic N) is 2. The van der Waals surface area contributed by atoms with Gasteiger partial charge in [0, 0.05) is 33.3 Å². The average Bonchev–Trinajstić information content (AvgIpc) is 3.34. The number of likely N-dealkylation sites (N-methyl/N-ethyl adjacent to an activating group) is 1. The van der Waals surface area contributed by atoms with Crippen molar-refractivity contribution in [2.75, 3.05) is 33.8 Å². The number of amides is 1. The van der Waals surface area contributed by atoms with Gasteiger partial charge in [-0.25, -0.2) is 4.39 Å². The van der Waals surface area contributed by atoms with Gasteiger partial charge < -0.3 is 15.0 Å². The van der Waals surface area contributed by atoms with Gasteiger partial charge in [-0.2, -0.15) is 17.6 Å². The monoisotopic (exact) mass is 598 g/mol. The fraction of sp³-hybridized carbons (Fsp3) is 0.250. The van der Waals surface area contributed by atoms with E-state index in [4.69, 9.17) is 4.74 Å². The molecule has 226 valence electrons. The number of H-pyrrole nitrogens is 1. The Labute approximate surface area is 245 Å². The Morgan fingerprint density at radius 1 is 1.00 bits per heavy atom. The van der Waals surface area contributed by atoms with Gasteiger partial charge in [0.05, 0.1) is 16.5 Å². The molecule has 4 rings (SSSR count). The molecule has 0 saturated carbocycles. The fourth-order valence-electron chi connectivity index (χ4n) is 4.56. The number of ether oxygens (including phenoxy) is 1. The smallest absolute Gasteiger partial charge is 0.416 e. The fourth-order valence-corrected chi connectivity index (χ4v) is 4.56. The number of allylic oxidation sites excluding steroid dienone is 1. The Morgan fingerprint density at radius 2 is 1.72 bits per heavy atom. The van der Waals surface area contributed by atoms with E-state index in [9.17, 15) is 26.7 Å². The molecule has 2 N–H and O–H groups in total. The van der Waals surface area contributed by atoms with Crippen molar-refractivity contribution in [3.8, 4) is 5.75 Å². The van der Waals surface area contributed by atoms with Crippen molar-refractivity contribution < 1.29 is 31.5 Å². The quantitative estimate of drug-likeness (QED) is 0.0859. The van der Waals surface area contributed by atoms with Crippen LogP contribution in [0.5, 0.6) is 5.75 Å². The topological polar surface area (TPSA) is 70.2 Å². The predicted octanol–water partition coefficient (Wildman–Crippen LogP) is 6.84. The third-order valence-electron chi connectivity index (χ3n) is 6.69. The highest BCUT2D eigenvalue weighted by Crippen LogP contribution is 2.39. The highest BCUT2D eigenvalue weighted by atomic mass is 19.4. The summed E-state index contributed by atoms with van der Waals surface area (Å²) in [6.07, 6.45) is -1.27. The van der Waals surface area contributed by atoms with Crippen LogP contribution in [0.25, 0.3) is 22.0 Å². The highest BCUT2D eigenvalue weighted by molar-refractivity contribution is 6.00. The van der Waals surface area contributed by atoms with Crippen molar-refractivity contribution in [1.29, 1.82) is 0 Å². The number of hydrogen-bond donors (Lipinski definition) is 2. The summed E-state index contributed by atoms with van der Waals surface area (Å²) in [6.45, 7) is 3.12.